The third-order valence-corrected chi connectivity index (χ3v) is 1.43. The number of rotatable bonds is 3. The van der Waals surface area contributed by atoms with Crippen LogP contribution in [0, 0.1) is 11.3 Å². The molecule has 0 spiro atoms. The van der Waals surface area contributed by atoms with E-state index in [4.69, 9.17) is 5.41 Å². The van der Waals surface area contributed by atoms with Crippen LogP contribution in [0.25, 0.3) is 0 Å². The number of nitrogens with zero attached hydrogens (tertiary/aromatic N) is 1. The first kappa shape index (κ1) is 8.34. The fourth-order valence-corrected chi connectivity index (χ4v) is 0.539. The van der Waals surface area contributed by atoms with Gasteiger partial charge in [-0.2, -0.15) is 0 Å². The maximum atomic E-state index is 7.14. The van der Waals surface area contributed by atoms with Crippen LogP contribution in [-0.4, -0.2) is 12.6 Å². The summed E-state index contributed by atoms with van der Waals surface area (Å²) >= 11 is 0. The highest BCUT2D eigenvalue weighted by atomic mass is 14.8. The molecule has 0 amide bonds. The van der Waals surface area contributed by atoms with Crippen molar-refractivity contribution >= 4 is 12.6 Å². The normalized spacial score (nSPS) is 12.7. The van der Waals surface area contributed by atoms with Crippen LogP contribution in [0.2, 0.25) is 0 Å². The Hall–Kier alpha value is -0.660. The zero-order valence-electron chi connectivity index (χ0n) is 6.15. The molecule has 0 radical (unpaired) electrons. The molecule has 52 valence electrons. The van der Waals surface area contributed by atoms with Gasteiger partial charge in [0.25, 0.3) is 0 Å². The zero-order valence-corrected chi connectivity index (χ0v) is 6.15. The van der Waals surface area contributed by atoms with Crippen molar-refractivity contribution in [3.63, 3.8) is 0 Å². The second kappa shape index (κ2) is 4.24. The van der Waals surface area contributed by atoms with Crippen LogP contribution in [0.5, 0.6) is 0 Å². The summed E-state index contributed by atoms with van der Waals surface area (Å²) in [6.45, 7) is 7.50. The molecule has 0 aliphatic heterocycles. The summed E-state index contributed by atoms with van der Waals surface area (Å²) in [5.41, 5.74) is 0. The largest absolute Gasteiger partial charge is 0.287 e. The van der Waals surface area contributed by atoms with Gasteiger partial charge >= 0.3 is 0 Å². The summed E-state index contributed by atoms with van der Waals surface area (Å²) in [6.07, 6.45) is 1.87. The molecule has 0 aliphatic rings. The quantitative estimate of drug-likeness (QED) is 0.444. The minimum absolute atomic E-state index is 0.407. The van der Waals surface area contributed by atoms with E-state index in [0.29, 0.717) is 11.8 Å². The summed E-state index contributed by atoms with van der Waals surface area (Å²) in [5.74, 6) is 0.979. The monoisotopic (exact) mass is 126 g/mol. The van der Waals surface area contributed by atoms with Crippen molar-refractivity contribution in [1.82, 2.24) is 0 Å². The van der Waals surface area contributed by atoms with Crippen LogP contribution in [0.15, 0.2) is 4.99 Å². The Kier molecular flexibility index (Phi) is 3.93. The minimum atomic E-state index is 0.407. The van der Waals surface area contributed by atoms with Crippen molar-refractivity contribution in [3.8, 4) is 0 Å². The lowest BCUT2D eigenvalue weighted by Gasteiger charge is -2.04. The lowest BCUT2D eigenvalue weighted by atomic mass is 10.1. The molecule has 9 heavy (non-hydrogen) atoms. The second-order valence-electron chi connectivity index (χ2n) is 2.32. The average molecular weight is 126 g/mol. The van der Waals surface area contributed by atoms with E-state index in [2.05, 4.69) is 25.6 Å². The highest BCUT2D eigenvalue weighted by molar-refractivity contribution is 5.83. The number of hydrogen-bond acceptors (Lipinski definition) is 1. The third kappa shape index (κ3) is 3.88. The first-order chi connectivity index (χ1) is 4.20. The van der Waals surface area contributed by atoms with Crippen LogP contribution >= 0.6 is 0 Å². The molecule has 0 bridgehead atoms. The molecule has 0 saturated carbocycles. The molecule has 0 aromatic heterocycles. The van der Waals surface area contributed by atoms with Gasteiger partial charge in [-0.15, -0.1) is 0 Å². The molecule has 0 aromatic carbocycles. The lowest BCUT2D eigenvalue weighted by Crippen LogP contribution is -1.99. The van der Waals surface area contributed by atoms with Crippen molar-refractivity contribution in [2.75, 3.05) is 0 Å². The van der Waals surface area contributed by atoms with Crippen LogP contribution < -0.4 is 0 Å². The smallest absolute Gasteiger partial charge is 0.119 e. The van der Waals surface area contributed by atoms with E-state index in [1.807, 2.05) is 0 Å². The van der Waals surface area contributed by atoms with Gasteiger partial charge in [0, 0.05) is 6.42 Å². The Labute approximate surface area is 56.5 Å². The maximum absolute atomic E-state index is 7.14. The molecular formula is C7H14N2. The summed E-state index contributed by atoms with van der Waals surface area (Å²) in [7, 11) is 0. The zero-order chi connectivity index (χ0) is 7.28. The molecule has 0 rings (SSSR count). The fraction of sp³-hybridized carbons (Fsp3) is 0.714. The van der Waals surface area contributed by atoms with Gasteiger partial charge in [-0.05, 0) is 12.6 Å². The van der Waals surface area contributed by atoms with Gasteiger partial charge in [-0.1, -0.05) is 20.3 Å². The Morgan fingerprint density at radius 3 is 2.67 bits per heavy atom. The van der Waals surface area contributed by atoms with Crippen LogP contribution in [0.3, 0.4) is 0 Å². The SMILES string of the molecule is C=NC(=N)CC(C)CC. The first-order valence-electron chi connectivity index (χ1n) is 3.24. The van der Waals surface area contributed by atoms with E-state index >= 15 is 0 Å². The van der Waals surface area contributed by atoms with E-state index in [0.717, 1.165) is 12.8 Å². The maximum Gasteiger partial charge on any atom is 0.119 e. The predicted octanol–water partition coefficient (Wildman–Crippen LogP) is 2.10. The standard InChI is InChI=1S/C7H14N2/c1-4-6(2)5-7(8)9-3/h6,8H,3-5H2,1-2H3. The van der Waals surface area contributed by atoms with Crippen LogP contribution in [0.1, 0.15) is 26.7 Å². The van der Waals surface area contributed by atoms with E-state index < -0.39 is 0 Å². The van der Waals surface area contributed by atoms with Gasteiger partial charge in [-0.3, -0.25) is 5.41 Å². The van der Waals surface area contributed by atoms with E-state index in [1.54, 1.807) is 0 Å². The summed E-state index contributed by atoms with van der Waals surface area (Å²) < 4.78 is 0. The summed E-state index contributed by atoms with van der Waals surface area (Å²) in [4.78, 5) is 3.51. The predicted molar refractivity (Wildman–Crippen MR) is 41.3 cm³/mol. The Balaban J connectivity index is 3.46. The van der Waals surface area contributed by atoms with Crippen molar-refractivity contribution < 1.29 is 0 Å². The molecule has 2 nitrogen and oxygen atoms in total. The van der Waals surface area contributed by atoms with E-state index in [9.17, 15) is 0 Å². The van der Waals surface area contributed by atoms with Gasteiger partial charge in [-0.25, -0.2) is 4.99 Å². The average Bonchev–Trinajstić information content (AvgIpc) is 1.87. The van der Waals surface area contributed by atoms with Crippen molar-refractivity contribution in [1.29, 1.82) is 5.41 Å². The first-order valence-corrected chi connectivity index (χ1v) is 3.24. The van der Waals surface area contributed by atoms with E-state index in [1.165, 1.54) is 0 Å². The number of nitrogens with one attached hydrogen (secondary N) is 1. The van der Waals surface area contributed by atoms with Gasteiger partial charge < -0.3 is 0 Å². The van der Waals surface area contributed by atoms with Crippen LogP contribution in [0.4, 0.5) is 0 Å². The summed E-state index contributed by atoms with van der Waals surface area (Å²) in [6, 6.07) is 0. The van der Waals surface area contributed by atoms with Crippen LogP contribution in [-0.2, 0) is 0 Å². The van der Waals surface area contributed by atoms with Gasteiger partial charge in [0.05, 0.1) is 0 Å². The topological polar surface area (TPSA) is 36.2 Å². The highest BCUT2D eigenvalue weighted by Crippen LogP contribution is 2.06. The lowest BCUT2D eigenvalue weighted by molar-refractivity contribution is 0.584. The number of hydrogen-bond donors (Lipinski definition) is 1. The molecule has 0 aromatic rings. The van der Waals surface area contributed by atoms with Gasteiger partial charge in [0.15, 0.2) is 0 Å². The van der Waals surface area contributed by atoms with Crippen molar-refractivity contribution in [2.24, 2.45) is 10.9 Å². The number of amidine groups is 1. The molecule has 0 saturated heterocycles. The molecule has 2 heteroatoms. The molecular weight excluding hydrogens is 112 g/mol. The van der Waals surface area contributed by atoms with Gasteiger partial charge in [0.1, 0.15) is 5.84 Å². The third-order valence-electron chi connectivity index (χ3n) is 1.43. The Morgan fingerprint density at radius 2 is 2.33 bits per heavy atom. The van der Waals surface area contributed by atoms with E-state index in [-0.39, 0.29) is 0 Å². The minimum Gasteiger partial charge on any atom is -0.287 e. The Morgan fingerprint density at radius 1 is 1.78 bits per heavy atom. The van der Waals surface area contributed by atoms with Crippen molar-refractivity contribution in [2.45, 2.75) is 26.7 Å². The molecule has 0 fully saturated rings. The molecule has 1 N–H and O–H groups in total. The second-order valence-corrected chi connectivity index (χ2v) is 2.32. The Bertz CT molecular complexity index is 107. The summed E-state index contributed by atoms with van der Waals surface area (Å²) in [5, 5.41) is 7.14. The van der Waals surface area contributed by atoms with Gasteiger partial charge in [0.2, 0.25) is 0 Å². The molecule has 1 atom stereocenters. The molecule has 1 unspecified atom stereocenters. The highest BCUT2D eigenvalue weighted by Gasteiger charge is 2.00. The van der Waals surface area contributed by atoms with Crippen molar-refractivity contribution in [3.05, 3.63) is 0 Å². The number of aliphatic imine (C=N–C) groups is 1. The molecule has 0 aliphatic carbocycles. The fourth-order valence-electron chi connectivity index (χ4n) is 0.539. The molecule has 0 heterocycles.